The molecule has 3 aromatic rings. The summed E-state index contributed by atoms with van der Waals surface area (Å²) < 4.78 is 19.0. The van der Waals surface area contributed by atoms with Crippen LogP contribution in [0, 0.1) is 11.7 Å². The summed E-state index contributed by atoms with van der Waals surface area (Å²) in [6, 6.07) is 10.6. The minimum absolute atomic E-state index is 0.248. The van der Waals surface area contributed by atoms with E-state index in [0.29, 0.717) is 5.92 Å². The van der Waals surface area contributed by atoms with Crippen molar-refractivity contribution >= 4 is 22.3 Å². The van der Waals surface area contributed by atoms with Crippen molar-refractivity contribution in [2.75, 3.05) is 31.6 Å². The highest BCUT2D eigenvalue weighted by Crippen LogP contribution is 2.30. The van der Waals surface area contributed by atoms with Crippen molar-refractivity contribution in [2.24, 2.45) is 5.92 Å². The SMILES string of the molecule is Fc1cccc(-c2cnc(Nc3cc(C[C@H]4CNCCOC4)ccn3)s2)c1. The maximum atomic E-state index is 13.4. The van der Waals surface area contributed by atoms with Crippen molar-refractivity contribution in [1.29, 1.82) is 0 Å². The number of nitrogens with zero attached hydrogens (tertiary/aromatic N) is 2. The molecule has 0 aliphatic carbocycles. The fourth-order valence-electron chi connectivity index (χ4n) is 3.11. The van der Waals surface area contributed by atoms with Gasteiger partial charge in [-0.25, -0.2) is 14.4 Å². The topological polar surface area (TPSA) is 59.1 Å². The van der Waals surface area contributed by atoms with Crippen LogP contribution in [0.25, 0.3) is 10.4 Å². The average molecular weight is 384 g/mol. The number of anilines is 2. The average Bonchev–Trinajstić information content (AvgIpc) is 2.98. The number of ether oxygens (including phenoxy) is 1. The first kappa shape index (κ1) is 18.0. The minimum Gasteiger partial charge on any atom is -0.380 e. The Kier molecular flexibility index (Phi) is 5.72. The Bertz CT molecular complexity index is 893. The van der Waals surface area contributed by atoms with Crippen molar-refractivity contribution in [3.8, 4) is 10.4 Å². The standard InChI is InChI=1S/C20H21FN4OS/c21-17-3-1-2-16(10-17)18-12-24-20(27-18)25-19-9-14(4-5-23-19)8-15-11-22-6-7-26-13-15/h1-5,9-10,12,15,22H,6-8,11,13H2,(H,23,24,25)/t15-/m0/s1. The highest BCUT2D eigenvalue weighted by Gasteiger charge is 2.13. The Morgan fingerprint density at radius 2 is 2.22 bits per heavy atom. The van der Waals surface area contributed by atoms with Crippen LogP contribution in [0.5, 0.6) is 0 Å². The van der Waals surface area contributed by atoms with Gasteiger partial charge < -0.3 is 15.4 Å². The molecule has 0 spiro atoms. The maximum absolute atomic E-state index is 13.4. The Morgan fingerprint density at radius 3 is 3.15 bits per heavy atom. The summed E-state index contributed by atoms with van der Waals surface area (Å²) in [6.07, 6.45) is 4.50. The Morgan fingerprint density at radius 1 is 1.26 bits per heavy atom. The molecule has 1 saturated heterocycles. The molecule has 0 amide bonds. The number of hydrogen-bond acceptors (Lipinski definition) is 6. The van der Waals surface area contributed by atoms with Gasteiger partial charge in [-0.1, -0.05) is 23.5 Å². The van der Waals surface area contributed by atoms with Crippen molar-refractivity contribution in [3.63, 3.8) is 0 Å². The maximum Gasteiger partial charge on any atom is 0.188 e. The molecule has 27 heavy (non-hydrogen) atoms. The van der Waals surface area contributed by atoms with Gasteiger partial charge in [0, 0.05) is 25.5 Å². The third-order valence-electron chi connectivity index (χ3n) is 4.41. The molecule has 5 nitrogen and oxygen atoms in total. The molecular weight excluding hydrogens is 363 g/mol. The zero-order valence-electron chi connectivity index (χ0n) is 14.8. The predicted octanol–water partition coefficient (Wildman–Crippen LogP) is 3.87. The van der Waals surface area contributed by atoms with Crippen LogP contribution < -0.4 is 10.6 Å². The lowest BCUT2D eigenvalue weighted by molar-refractivity contribution is 0.123. The van der Waals surface area contributed by atoms with Crippen LogP contribution in [0.4, 0.5) is 15.3 Å². The van der Waals surface area contributed by atoms with Gasteiger partial charge in [-0.15, -0.1) is 0 Å². The molecule has 1 atom stereocenters. The Balaban J connectivity index is 1.44. The normalized spacial score (nSPS) is 17.4. The second kappa shape index (κ2) is 8.56. The number of aromatic nitrogens is 2. The van der Waals surface area contributed by atoms with E-state index in [9.17, 15) is 4.39 Å². The van der Waals surface area contributed by atoms with E-state index >= 15 is 0 Å². The predicted molar refractivity (Wildman–Crippen MR) is 106 cm³/mol. The molecule has 1 aromatic carbocycles. The fourth-order valence-corrected chi connectivity index (χ4v) is 3.93. The minimum atomic E-state index is -0.248. The van der Waals surface area contributed by atoms with Crippen LogP contribution >= 0.6 is 11.3 Å². The number of nitrogens with one attached hydrogen (secondary N) is 2. The monoisotopic (exact) mass is 384 g/mol. The first-order valence-corrected chi connectivity index (χ1v) is 9.80. The van der Waals surface area contributed by atoms with Crippen molar-refractivity contribution in [2.45, 2.75) is 6.42 Å². The van der Waals surface area contributed by atoms with E-state index in [2.05, 4.69) is 20.6 Å². The van der Waals surface area contributed by atoms with Crippen molar-refractivity contribution in [3.05, 3.63) is 60.2 Å². The lowest BCUT2D eigenvalue weighted by atomic mass is 10.0. The van der Waals surface area contributed by atoms with Crippen LogP contribution in [0.3, 0.4) is 0 Å². The molecule has 0 bridgehead atoms. The second-order valence-corrected chi connectivity index (χ2v) is 7.59. The van der Waals surface area contributed by atoms with Crippen LogP contribution in [0.2, 0.25) is 0 Å². The zero-order chi connectivity index (χ0) is 18.5. The van der Waals surface area contributed by atoms with Gasteiger partial charge >= 0.3 is 0 Å². The summed E-state index contributed by atoms with van der Waals surface area (Å²) in [5.41, 5.74) is 2.04. The molecule has 7 heteroatoms. The smallest absolute Gasteiger partial charge is 0.188 e. The zero-order valence-corrected chi connectivity index (χ0v) is 15.6. The van der Waals surface area contributed by atoms with Gasteiger partial charge in [-0.3, -0.25) is 0 Å². The third-order valence-corrected chi connectivity index (χ3v) is 5.37. The molecule has 0 unspecified atom stereocenters. The van der Waals surface area contributed by atoms with Gasteiger partial charge in [0.2, 0.25) is 0 Å². The molecule has 1 aliphatic rings. The summed E-state index contributed by atoms with van der Waals surface area (Å²) in [4.78, 5) is 9.69. The molecule has 1 aliphatic heterocycles. The summed E-state index contributed by atoms with van der Waals surface area (Å²) in [5.74, 6) is 0.971. The number of pyridine rings is 1. The van der Waals surface area contributed by atoms with Gasteiger partial charge in [0.1, 0.15) is 11.6 Å². The molecule has 4 rings (SSSR count). The van der Waals surface area contributed by atoms with E-state index in [1.54, 1.807) is 12.3 Å². The molecule has 2 N–H and O–H groups in total. The van der Waals surface area contributed by atoms with E-state index in [-0.39, 0.29) is 5.82 Å². The van der Waals surface area contributed by atoms with Gasteiger partial charge in [-0.2, -0.15) is 0 Å². The Labute approximate surface area is 161 Å². The van der Waals surface area contributed by atoms with Gasteiger partial charge in [0.25, 0.3) is 0 Å². The molecule has 2 aromatic heterocycles. The lowest BCUT2D eigenvalue weighted by Gasteiger charge is -2.14. The number of thiazole rings is 1. The lowest BCUT2D eigenvalue weighted by Crippen LogP contribution is -2.24. The summed E-state index contributed by atoms with van der Waals surface area (Å²) in [6.45, 7) is 3.44. The molecule has 0 radical (unpaired) electrons. The molecular formula is C20H21FN4OS. The van der Waals surface area contributed by atoms with Crippen LogP contribution in [-0.4, -0.2) is 36.3 Å². The van der Waals surface area contributed by atoms with E-state index in [4.69, 9.17) is 4.74 Å². The highest BCUT2D eigenvalue weighted by molar-refractivity contribution is 7.18. The first-order valence-electron chi connectivity index (χ1n) is 8.98. The van der Waals surface area contributed by atoms with Crippen LogP contribution in [0.15, 0.2) is 48.8 Å². The number of rotatable bonds is 5. The molecule has 1 fully saturated rings. The molecule has 0 saturated carbocycles. The second-order valence-electron chi connectivity index (χ2n) is 6.56. The number of halogens is 1. The third kappa shape index (κ3) is 4.88. The highest BCUT2D eigenvalue weighted by atomic mass is 32.1. The largest absolute Gasteiger partial charge is 0.380 e. The van der Waals surface area contributed by atoms with Crippen LogP contribution in [0.1, 0.15) is 5.56 Å². The van der Waals surface area contributed by atoms with E-state index in [1.807, 2.05) is 24.4 Å². The van der Waals surface area contributed by atoms with Crippen molar-refractivity contribution < 1.29 is 9.13 Å². The quantitative estimate of drug-likeness (QED) is 0.699. The van der Waals surface area contributed by atoms with E-state index in [1.165, 1.54) is 29.0 Å². The number of benzene rings is 1. The van der Waals surface area contributed by atoms with E-state index < -0.39 is 0 Å². The van der Waals surface area contributed by atoms with Gasteiger partial charge in [-0.05, 0) is 47.7 Å². The van der Waals surface area contributed by atoms with Gasteiger partial charge in [0.05, 0.1) is 18.1 Å². The van der Waals surface area contributed by atoms with E-state index in [0.717, 1.165) is 54.1 Å². The molecule has 140 valence electrons. The number of hydrogen-bond donors (Lipinski definition) is 2. The summed E-state index contributed by atoms with van der Waals surface area (Å²) >= 11 is 1.47. The van der Waals surface area contributed by atoms with Crippen LogP contribution in [-0.2, 0) is 11.2 Å². The molecule has 3 heterocycles. The van der Waals surface area contributed by atoms with Gasteiger partial charge in [0.15, 0.2) is 5.13 Å². The Hall–Kier alpha value is -2.35. The first-order chi connectivity index (χ1) is 13.3. The summed E-state index contributed by atoms with van der Waals surface area (Å²) in [5, 5.41) is 7.39. The van der Waals surface area contributed by atoms with Crippen molar-refractivity contribution in [1.82, 2.24) is 15.3 Å². The fraction of sp³-hybridized carbons (Fsp3) is 0.300. The summed E-state index contributed by atoms with van der Waals surface area (Å²) in [7, 11) is 0.